The molecule has 1 fully saturated rings. The normalized spacial score (nSPS) is 18.6. The molecule has 0 saturated carbocycles. The van der Waals surface area contributed by atoms with E-state index in [-0.39, 0.29) is 5.82 Å². The summed E-state index contributed by atoms with van der Waals surface area (Å²) in [6, 6.07) is 15.1. The highest BCUT2D eigenvalue weighted by Crippen LogP contribution is 2.38. The highest BCUT2D eigenvalue weighted by Gasteiger charge is 2.24. The maximum atomic E-state index is 14.0. The van der Waals surface area contributed by atoms with E-state index in [1.807, 2.05) is 18.2 Å². The second-order valence-electron chi connectivity index (χ2n) is 6.78. The number of piperazine rings is 1. The summed E-state index contributed by atoms with van der Waals surface area (Å²) in [5, 5.41) is 9.33. The molecule has 0 bridgehead atoms. The molecular formula is C22H20FN3. The van der Waals surface area contributed by atoms with Gasteiger partial charge < -0.3 is 9.80 Å². The second-order valence-corrected chi connectivity index (χ2v) is 6.78. The maximum absolute atomic E-state index is 14.0. The summed E-state index contributed by atoms with van der Waals surface area (Å²) in [4.78, 5) is 4.68. The zero-order chi connectivity index (χ0) is 18.1. The molecule has 1 aliphatic heterocycles. The number of fused-ring (bicyclic) bond motifs is 2. The molecule has 0 unspecified atom stereocenters. The summed E-state index contributed by atoms with van der Waals surface area (Å²) >= 11 is 0. The van der Waals surface area contributed by atoms with Crippen LogP contribution in [0.15, 0.2) is 48.5 Å². The van der Waals surface area contributed by atoms with E-state index in [2.05, 4.69) is 35.1 Å². The number of benzene rings is 2. The van der Waals surface area contributed by atoms with Gasteiger partial charge in [0.05, 0.1) is 6.07 Å². The van der Waals surface area contributed by atoms with Gasteiger partial charge in [-0.2, -0.15) is 5.26 Å². The van der Waals surface area contributed by atoms with Crippen molar-refractivity contribution in [2.24, 2.45) is 0 Å². The van der Waals surface area contributed by atoms with E-state index in [0.29, 0.717) is 0 Å². The predicted octanol–water partition coefficient (Wildman–Crippen LogP) is 3.84. The van der Waals surface area contributed by atoms with Gasteiger partial charge in [-0.1, -0.05) is 30.3 Å². The van der Waals surface area contributed by atoms with Gasteiger partial charge in [-0.15, -0.1) is 0 Å². The highest BCUT2D eigenvalue weighted by molar-refractivity contribution is 5.98. The predicted molar refractivity (Wildman–Crippen MR) is 102 cm³/mol. The lowest BCUT2D eigenvalue weighted by molar-refractivity contribution is 0.208. The molecule has 1 saturated heterocycles. The minimum Gasteiger partial charge on any atom is -0.368 e. The topological polar surface area (TPSA) is 30.3 Å². The summed E-state index contributed by atoms with van der Waals surface area (Å²) in [6.45, 7) is 3.85. The molecule has 0 amide bonds. The van der Waals surface area contributed by atoms with E-state index >= 15 is 0 Å². The maximum Gasteiger partial charge on any atom is 0.123 e. The Hall–Kier alpha value is -2.90. The minimum atomic E-state index is -0.264. The molecule has 1 heterocycles. The van der Waals surface area contributed by atoms with Crippen LogP contribution >= 0.6 is 0 Å². The number of rotatable bonds is 1. The molecule has 0 radical (unpaired) electrons. The van der Waals surface area contributed by atoms with Crippen LogP contribution < -0.4 is 0 Å². The number of hydrogen-bond acceptors (Lipinski definition) is 3. The van der Waals surface area contributed by atoms with E-state index in [9.17, 15) is 9.65 Å². The SMILES string of the molecule is CN1CCN(C2=Cc3cc(F)ccc3/C(=C\C#N)c3ccccc32)CC1. The van der Waals surface area contributed by atoms with Crippen molar-refractivity contribution < 1.29 is 4.39 Å². The molecule has 0 spiro atoms. The first-order valence-electron chi connectivity index (χ1n) is 8.82. The Morgan fingerprint density at radius 2 is 1.73 bits per heavy atom. The largest absolute Gasteiger partial charge is 0.368 e. The number of nitriles is 1. The fourth-order valence-electron chi connectivity index (χ4n) is 3.74. The minimum absolute atomic E-state index is 0.264. The summed E-state index contributed by atoms with van der Waals surface area (Å²) in [5.74, 6) is -0.264. The number of likely N-dealkylation sites (N-methyl/N-ethyl adjacent to an activating group) is 1. The Balaban J connectivity index is 1.94. The average molecular weight is 345 g/mol. The first-order valence-corrected chi connectivity index (χ1v) is 8.82. The monoisotopic (exact) mass is 345 g/mol. The van der Waals surface area contributed by atoms with Gasteiger partial charge in [0.1, 0.15) is 5.82 Å². The number of allylic oxidation sites excluding steroid dienone is 1. The Morgan fingerprint density at radius 1 is 1.00 bits per heavy atom. The molecule has 4 rings (SSSR count). The fraction of sp³-hybridized carbons (Fsp3) is 0.227. The first-order chi connectivity index (χ1) is 12.7. The van der Waals surface area contributed by atoms with E-state index in [1.54, 1.807) is 18.2 Å². The zero-order valence-corrected chi connectivity index (χ0v) is 14.7. The van der Waals surface area contributed by atoms with Crippen molar-refractivity contribution in [2.75, 3.05) is 33.2 Å². The van der Waals surface area contributed by atoms with Crippen molar-refractivity contribution >= 4 is 17.3 Å². The summed E-state index contributed by atoms with van der Waals surface area (Å²) in [6.07, 6.45) is 3.64. The highest BCUT2D eigenvalue weighted by atomic mass is 19.1. The number of hydrogen-bond donors (Lipinski definition) is 0. The lowest BCUT2D eigenvalue weighted by atomic mass is 9.93. The van der Waals surface area contributed by atoms with Crippen LogP contribution in [-0.2, 0) is 0 Å². The molecule has 26 heavy (non-hydrogen) atoms. The number of nitrogens with zero attached hydrogens (tertiary/aromatic N) is 3. The van der Waals surface area contributed by atoms with Gasteiger partial charge in [0.15, 0.2) is 0 Å². The molecule has 0 N–H and O–H groups in total. The van der Waals surface area contributed by atoms with Crippen LogP contribution in [0.5, 0.6) is 0 Å². The smallest absolute Gasteiger partial charge is 0.123 e. The van der Waals surface area contributed by atoms with Crippen LogP contribution in [0.25, 0.3) is 17.3 Å². The molecule has 4 heteroatoms. The quantitative estimate of drug-likeness (QED) is 0.736. The van der Waals surface area contributed by atoms with Crippen LogP contribution in [0.3, 0.4) is 0 Å². The lowest BCUT2D eigenvalue weighted by Gasteiger charge is -2.36. The van der Waals surface area contributed by atoms with Gasteiger partial charge in [0.25, 0.3) is 0 Å². The van der Waals surface area contributed by atoms with Gasteiger partial charge >= 0.3 is 0 Å². The summed E-state index contributed by atoms with van der Waals surface area (Å²) in [5.41, 5.74) is 5.77. The third kappa shape index (κ3) is 2.91. The molecule has 0 aromatic heterocycles. The zero-order valence-electron chi connectivity index (χ0n) is 14.7. The van der Waals surface area contributed by atoms with Crippen LogP contribution in [0.4, 0.5) is 4.39 Å². The standard InChI is InChI=1S/C22H20FN3/c1-25-10-12-26(13-11-25)22-15-16-14-17(23)6-7-18(16)20(8-9-24)19-4-2-3-5-21(19)22/h2-8,14-15H,10-13H2,1H3/b20-8+. The third-order valence-electron chi connectivity index (χ3n) is 5.14. The molecule has 0 atom stereocenters. The molecule has 2 aromatic carbocycles. The van der Waals surface area contributed by atoms with Gasteiger partial charge in [0, 0.05) is 49.1 Å². The second kappa shape index (κ2) is 6.78. The summed E-state index contributed by atoms with van der Waals surface area (Å²) in [7, 11) is 2.13. The van der Waals surface area contributed by atoms with Crippen molar-refractivity contribution in [3.05, 3.63) is 76.6 Å². The molecule has 1 aliphatic carbocycles. The van der Waals surface area contributed by atoms with E-state index in [0.717, 1.165) is 59.7 Å². The van der Waals surface area contributed by atoms with Crippen LogP contribution in [-0.4, -0.2) is 43.0 Å². The molecular weight excluding hydrogens is 325 g/mol. The van der Waals surface area contributed by atoms with E-state index in [4.69, 9.17) is 0 Å². The molecule has 3 nitrogen and oxygen atoms in total. The Labute approximate surface area is 153 Å². The van der Waals surface area contributed by atoms with E-state index in [1.165, 1.54) is 6.07 Å². The number of halogens is 1. The Bertz CT molecular complexity index is 944. The average Bonchev–Trinajstić information content (AvgIpc) is 2.78. The van der Waals surface area contributed by atoms with Gasteiger partial charge in [0.2, 0.25) is 0 Å². The van der Waals surface area contributed by atoms with Gasteiger partial charge in [-0.05, 0) is 41.9 Å². The Kier molecular flexibility index (Phi) is 4.32. The fourth-order valence-corrected chi connectivity index (χ4v) is 3.74. The van der Waals surface area contributed by atoms with Crippen molar-refractivity contribution in [3.8, 4) is 6.07 Å². The molecule has 2 aliphatic rings. The first kappa shape index (κ1) is 16.6. The molecule has 2 aromatic rings. The summed E-state index contributed by atoms with van der Waals surface area (Å²) < 4.78 is 14.0. The van der Waals surface area contributed by atoms with Crippen LogP contribution in [0.2, 0.25) is 0 Å². The third-order valence-corrected chi connectivity index (χ3v) is 5.14. The lowest BCUT2D eigenvalue weighted by Crippen LogP contribution is -2.43. The van der Waals surface area contributed by atoms with Crippen molar-refractivity contribution in [3.63, 3.8) is 0 Å². The van der Waals surface area contributed by atoms with Crippen LogP contribution in [0.1, 0.15) is 22.3 Å². The Morgan fingerprint density at radius 3 is 2.46 bits per heavy atom. The van der Waals surface area contributed by atoms with E-state index < -0.39 is 0 Å². The van der Waals surface area contributed by atoms with Gasteiger partial charge in [-0.25, -0.2) is 4.39 Å². The van der Waals surface area contributed by atoms with Crippen LogP contribution in [0, 0.1) is 17.1 Å². The van der Waals surface area contributed by atoms with Gasteiger partial charge in [-0.3, -0.25) is 0 Å². The molecule has 130 valence electrons. The van der Waals surface area contributed by atoms with Crippen molar-refractivity contribution in [1.82, 2.24) is 9.80 Å². The van der Waals surface area contributed by atoms with Crippen molar-refractivity contribution in [1.29, 1.82) is 5.26 Å². The van der Waals surface area contributed by atoms with Crippen molar-refractivity contribution in [2.45, 2.75) is 0 Å².